The Morgan fingerprint density at radius 2 is 1.95 bits per heavy atom. The Morgan fingerprint density at radius 3 is 2.38 bits per heavy atom. The number of halogens is 3. The van der Waals surface area contributed by atoms with Crippen LogP contribution >= 0.6 is 11.3 Å². The van der Waals surface area contributed by atoms with Crippen LogP contribution in [0.2, 0.25) is 0 Å². The average molecular weight is 344 g/mol. The molecule has 1 rings (SSSR count). The topological polar surface area (TPSA) is 49.4 Å². The van der Waals surface area contributed by atoms with E-state index in [1.807, 2.05) is 0 Å². The molecule has 0 fully saturated rings. The number of aryl methyl sites for hydroxylation is 1. The normalized spacial score (nSPS) is 13.4. The second-order valence-electron chi connectivity index (χ2n) is 4.92. The standard InChI is InChI=1S/C12H19F3N2O2S2/c1-8(2)17(7-12(13,14)15)21(18,19)11-5-10(6-16-4)20-9(11)3/h5,8,16H,6-7H2,1-4H3. The summed E-state index contributed by atoms with van der Waals surface area (Å²) in [5.74, 6) is 0. The molecule has 0 spiro atoms. The number of sulfonamides is 1. The maximum Gasteiger partial charge on any atom is 0.402 e. The maximum atomic E-state index is 12.6. The minimum absolute atomic E-state index is 0.0456. The fraction of sp³-hybridized carbons (Fsp3) is 0.667. The lowest BCUT2D eigenvalue weighted by Gasteiger charge is -2.26. The molecular weight excluding hydrogens is 325 g/mol. The van der Waals surface area contributed by atoms with Crippen LogP contribution in [0.5, 0.6) is 0 Å². The Bertz CT molecular complexity index is 580. The zero-order valence-electron chi connectivity index (χ0n) is 12.3. The summed E-state index contributed by atoms with van der Waals surface area (Å²) in [5.41, 5.74) is 0. The van der Waals surface area contributed by atoms with Gasteiger partial charge in [0.25, 0.3) is 0 Å². The van der Waals surface area contributed by atoms with Gasteiger partial charge in [-0.1, -0.05) is 0 Å². The molecule has 122 valence electrons. The van der Waals surface area contributed by atoms with Crippen LogP contribution in [0, 0.1) is 6.92 Å². The minimum Gasteiger partial charge on any atom is -0.315 e. The first-order valence-electron chi connectivity index (χ1n) is 6.31. The Morgan fingerprint density at radius 1 is 1.38 bits per heavy atom. The molecule has 4 nitrogen and oxygen atoms in total. The van der Waals surface area contributed by atoms with Crippen molar-refractivity contribution in [1.82, 2.24) is 9.62 Å². The van der Waals surface area contributed by atoms with Gasteiger partial charge in [-0.25, -0.2) is 8.42 Å². The van der Waals surface area contributed by atoms with E-state index in [4.69, 9.17) is 0 Å². The Kier molecular flexibility index (Phi) is 5.82. The monoisotopic (exact) mass is 344 g/mol. The van der Waals surface area contributed by atoms with E-state index in [-0.39, 0.29) is 4.90 Å². The third kappa shape index (κ3) is 4.67. The van der Waals surface area contributed by atoms with Crippen molar-refractivity contribution in [3.63, 3.8) is 0 Å². The Balaban J connectivity index is 3.23. The summed E-state index contributed by atoms with van der Waals surface area (Å²) >= 11 is 1.26. The lowest BCUT2D eigenvalue weighted by atomic mass is 10.4. The molecule has 1 aromatic heterocycles. The molecule has 9 heteroatoms. The first kappa shape index (κ1) is 18.4. The summed E-state index contributed by atoms with van der Waals surface area (Å²) in [6.45, 7) is 3.45. The van der Waals surface area contributed by atoms with Crippen molar-refractivity contribution >= 4 is 21.4 Å². The zero-order chi connectivity index (χ0) is 16.4. The van der Waals surface area contributed by atoms with E-state index in [0.717, 1.165) is 4.88 Å². The fourth-order valence-corrected chi connectivity index (χ4v) is 5.13. The first-order chi connectivity index (χ1) is 9.49. The molecule has 1 N–H and O–H groups in total. The molecule has 0 aromatic carbocycles. The van der Waals surface area contributed by atoms with Crippen molar-refractivity contribution in [3.8, 4) is 0 Å². The fourth-order valence-electron chi connectivity index (χ4n) is 1.89. The highest BCUT2D eigenvalue weighted by Gasteiger charge is 2.39. The smallest absolute Gasteiger partial charge is 0.315 e. The van der Waals surface area contributed by atoms with E-state index < -0.39 is 28.8 Å². The molecule has 0 aliphatic heterocycles. The highest BCUT2D eigenvalue weighted by atomic mass is 32.2. The maximum absolute atomic E-state index is 12.6. The quantitative estimate of drug-likeness (QED) is 0.863. The highest BCUT2D eigenvalue weighted by molar-refractivity contribution is 7.89. The molecule has 0 saturated heterocycles. The first-order valence-corrected chi connectivity index (χ1v) is 8.57. The van der Waals surface area contributed by atoms with Gasteiger partial charge in [-0.15, -0.1) is 11.3 Å². The van der Waals surface area contributed by atoms with Gasteiger partial charge >= 0.3 is 6.18 Å². The van der Waals surface area contributed by atoms with Crippen molar-refractivity contribution < 1.29 is 21.6 Å². The summed E-state index contributed by atoms with van der Waals surface area (Å²) in [7, 11) is -2.45. The summed E-state index contributed by atoms with van der Waals surface area (Å²) in [5, 5.41) is 2.89. The lowest BCUT2D eigenvalue weighted by molar-refractivity contribution is -0.138. The lowest BCUT2D eigenvalue weighted by Crippen LogP contribution is -2.43. The molecular formula is C12H19F3N2O2S2. The van der Waals surface area contributed by atoms with E-state index in [9.17, 15) is 21.6 Å². The van der Waals surface area contributed by atoms with Crippen LogP contribution in [-0.4, -0.2) is 38.5 Å². The largest absolute Gasteiger partial charge is 0.402 e. The predicted molar refractivity (Wildman–Crippen MR) is 76.9 cm³/mol. The molecule has 0 aliphatic rings. The van der Waals surface area contributed by atoms with E-state index in [0.29, 0.717) is 15.7 Å². The SMILES string of the molecule is CNCc1cc(S(=O)(=O)N(CC(F)(F)F)C(C)C)c(C)s1. The van der Waals surface area contributed by atoms with Gasteiger partial charge in [-0.05, 0) is 33.9 Å². The van der Waals surface area contributed by atoms with E-state index in [1.165, 1.54) is 31.3 Å². The number of alkyl halides is 3. The second kappa shape index (κ2) is 6.64. The molecule has 0 saturated carbocycles. The third-order valence-corrected chi connectivity index (χ3v) is 6.10. The molecule has 0 bridgehead atoms. The summed E-state index contributed by atoms with van der Waals surface area (Å²) in [6, 6.07) is 0.668. The van der Waals surface area contributed by atoms with E-state index in [1.54, 1.807) is 14.0 Å². The molecule has 0 amide bonds. The van der Waals surface area contributed by atoms with Crippen molar-refractivity contribution in [2.24, 2.45) is 0 Å². The van der Waals surface area contributed by atoms with Crippen molar-refractivity contribution in [2.75, 3.05) is 13.6 Å². The van der Waals surface area contributed by atoms with Crippen LogP contribution in [0.4, 0.5) is 13.2 Å². The van der Waals surface area contributed by atoms with Crippen molar-refractivity contribution in [2.45, 2.75) is 44.4 Å². The van der Waals surface area contributed by atoms with Gasteiger partial charge in [0, 0.05) is 22.3 Å². The van der Waals surface area contributed by atoms with Gasteiger partial charge < -0.3 is 5.32 Å². The minimum atomic E-state index is -4.57. The molecule has 0 radical (unpaired) electrons. The number of hydrogen-bond donors (Lipinski definition) is 1. The molecule has 0 aliphatic carbocycles. The number of nitrogens with zero attached hydrogens (tertiary/aromatic N) is 1. The van der Waals surface area contributed by atoms with Gasteiger partial charge in [-0.3, -0.25) is 0 Å². The number of hydrogen-bond acceptors (Lipinski definition) is 4. The molecule has 0 unspecified atom stereocenters. The molecule has 1 aromatic rings. The number of thiophene rings is 1. The summed E-state index contributed by atoms with van der Waals surface area (Å²) in [4.78, 5) is 1.22. The van der Waals surface area contributed by atoms with E-state index >= 15 is 0 Å². The number of nitrogens with one attached hydrogen (secondary N) is 1. The summed E-state index contributed by atoms with van der Waals surface area (Å²) in [6.07, 6.45) is -4.57. The highest BCUT2D eigenvalue weighted by Crippen LogP contribution is 2.31. The van der Waals surface area contributed by atoms with Crippen LogP contribution in [0.15, 0.2) is 11.0 Å². The summed E-state index contributed by atoms with van der Waals surface area (Å²) < 4.78 is 63.4. The third-order valence-electron chi connectivity index (χ3n) is 2.77. The number of rotatable bonds is 6. The van der Waals surface area contributed by atoms with Gasteiger partial charge in [0.2, 0.25) is 10.0 Å². The van der Waals surface area contributed by atoms with Crippen molar-refractivity contribution in [3.05, 3.63) is 15.8 Å². The zero-order valence-corrected chi connectivity index (χ0v) is 13.9. The van der Waals surface area contributed by atoms with Crippen LogP contribution in [-0.2, 0) is 16.6 Å². The molecule has 21 heavy (non-hydrogen) atoms. The second-order valence-corrected chi connectivity index (χ2v) is 8.12. The van der Waals surface area contributed by atoms with E-state index in [2.05, 4.69) is 5.32 Å². The van der Waals surface area contributed by atoms with Gasteiger partial charge in [0.05, 0.1) is 4.90 Å². The van der Waals surface area contributed by atoms with Gasteiger partial charge in [0.15, 0.2) is 0 Å². The van der Waals surface area contributed by atoms with Crippen molar-refractivity contribution in [1.29, 1.82) is 0 Å². The Hall–Kier alpha value is -0.640. The van der Waals surface area contributed by atoms with Crippen LogP contribution in [0.1, 0.15) is 23.6 Å². The van der Waals surface area contributed by atoms with Gasteiger partial charge in [0.1, 0.15) is 6.54 Å². The predicted octanol–water partition coefficient (Wildman–Crippen LogP) is 2.74. The molecule has 0 atom stereocenters. The Labute approximate surface area is 127 Å². The van der Waals surface area contributed by atoms with Gasteiger partial charge in [-0.2, -0.15) is 17.5 Å². The van der Waals surface area contributed by atoms with Crippen LogP contribution in [0.3, 0.4) is 0 Å². The van der Waals surface area contributed by atoms with Crippen LogP contribution in [0.25, 0.3) is 0 Å². The average Bonchev–Trinajstić information content (AvgIpc) is 2.67. The van der Waals surface area contributed by atoms with Crippen LogP contribution < -0.4 is 5.32 Å². The molecule has 1 heterocycles.